The Bertz CT molecular complexity index is 900. The molecule has 2 aromatic rings. The zero-order chi connectivity index (χ0) is 17.1. The minimum atomic E-state index is -1.00. The van der Waals surface area contributed by atoms with E-state index in [4.69, 9.17) is 15.6 Å². The molecular weight excluding hydrogens is 316 g/mol. The van der Waals surface area contributed by atoms with E-state index in [1.54, 1.807) is 12.1 Å². The van der Waals surface area contributed by atoms with Crippen LogP contribution in [0.5, 0.6) is 5.88 Å². The summed E-state index contributed by atoms with van der Waals surface area (Å²) in [6.07, 6.45) is 1.39. The van der Waals surface area contributed by atoms with E-state index in [2.05, 4.69) is 25.5 Å². The van der Waals surface area contributed by atoms with Crippen molar-refractivity contribution in [3.63, 3.8) is 0 Å². The van der Waals surface area contributed by atoms with E-state index in [1.807, 2.05) is 0 Å². The van der Waals surface area contributed by atoms with Crippen molar-refractivity contribution in [2.45, 2.75) is 0 Å². The molecule has 0 atom stereocenters. The maximum Gasteiger partial charge on any atom is 0.335 e. The summed E-state index contributed by atoms with van der Waals surface area (Å²) in [5, 5.41) is 12.8. The van der Waals surface area contributed by atoms with E-state index in [-0.39, 0.29) is 29.7 Å². The Labute approximate surface area is 134 Å². The maximum absolute atomic E-state index is 11.7. The monoisotopic (exact) mass is 328 g/mol. The minimum absolute atomic E-state index is 0.0303. The smallest absolute Gasteiger partial charge is 0.335 e. The van der Waals surface area contributed by atoms with E-state index < -0.39 is 11.5 Å². The summed E-state index contributed by atoms with van der Waals surface area (Å²) in [5.41, 5.74) is 8.87. The van der Waals surface area contributed by atoms with Crippen LogP contribution in [0.1, 0.15) is 10.4 Å². The molecule has 122 valence electrons. The number of nitrogens with two attached hydrogens (primary N) is 1. The number of nitrogens with one attached hydrogen (secondary N) is 2. The number of aromatic carboxylic acids is 1. The predicted octanol–water partition coefficient (Wildman–Crippen LogP) is 0.613. The summed E-state index contributed by atoms with van der Waals surface area (Å²) >= 11 is 0. The molecular formula is C14H12N6O4. The summed E-state index contributed by atoms with van der Waals surface area (Å²) in [4.78, 5) is 32.8. The number of rotatable bonds is 4. The highest BCUT2D eigenvalue weighted by Gasteiger charge is 2.17. The first-order valence-corrected chi connectivity index (χ1v) is 6.75. The molecule has 0 bridgehead atoms. The van der Waals surface area contributed by atoms with Gasteiger partial charge >= 0.3 is 5.97 Å². The molecule has 1 aliphatic heterocycles. The molecule has 3 rings (SSSR count). The average Bonchev–Trinajstić information content (AvgIpc) is 2.55. The van der Waals surface area contributed by atoms with Crippen molar-refractivity contribution in [1.82, 2.24) is 9.97 Å². The van der Waals surface area contributed by atoms with Gasteiger partial charge in [-0.1, -0.05) is 0 Å². The third-order valence-corrected chi connectivity index (χ3v) is 3.03. The number of hydrogen-bond donors (Lipinski definition) is 4. The highest BCUT2D eigenvalue weighted by atomic mass is 16.5. The normalized spacial score (nSPS) is 13.1. The van der Waals surface area contributed by atoms with Crippen LogP contribution in [0.25, 0.3) is 0 Å². The summed E-state index contributed by atoms with van der Waals surface area (Å²) in [6.45, 7) is 0.0893. The van der Waals surface area contributed by atoms with Crippen molar-refractivity contribution < 1.29 is 14.6 Å². The number of ether oxygens (including phenoxy) is 1. The number of hydrazone groups is 1. The van der Waals surface area contributed by atoms with Gasteiger partial charge in [-0.2, -0.15) is 10.1 Å². The van der Waals surface area contributed by atoms with Crippen LogP contribution in [-0.4, -0.2) is 39.6 Å². The van der Waals surface area contributed by atoms with Crippen LogP contribution in [0.2, 0.25) is 0 Å². The van der Waals surface area contributed by atoms with Gasteiger partial charge in [0.15, 0.2) is 5.69 Å². The first kappa shape index (κ1) is 15.2. The van der Waals surface area contributed by atoms with Crippen molar-refractivity contribution in [3.05, 3.63) is 40.2 Å². The number of aromatic amines is 1. The van der Waals surface area contributed by atoms with Gasteiger partial charge in [0.1, 0.15) is 6.61 Å². The number of H-pyrrole nitrogens is 1. The molecule has 0 amide bonds. The van der Waals surface area contributed by atoms with Gasteiger partial charge < -0.3 is 15.6 Å². The SMILES string of the molecule is Nc1nc2c(c(=O)[nH]1)N=C(/C=N/Nc1ccc(C(=O)O)cc1)CO2. The number of benzene rings is 1. The van der Waals surface area contributed by atoms with Crippen molar-refractivity contribution >= 4 is 35.2 Å². The number of nitrogen functional groups attached to an aromatic ring is 1. The average molecular weight is 328 g/mol. The second-order valence-corrected chi connectivity index (χ2v) is 4.75. The van der Waals surface area contributed by atoms with Crippen LogP contribution in [0, 0.1) is 0 Å². The van der Waals surface area contributed by atoms with Crippen molar-refractivity contribution in [1.29, 1.82) is 0 Å². The molecule has 0 saturated carbocycles. The van der Waals surface area contributed by atoms with Crippen molar-refractivity contribution in [3.8, 4) is 5.88 Å². The Morgan fingerprint density at radius 2 is 2.17 bits per heavy atom. The topological polar surface area (TPSA) is 155 Å². The number of aliphatic imine (C=N–C) groups is 1. The van der Waals surface area contributed by atoms with Crippen molar-refractivity contribution in [2.24, 2.45) is 10.1 Å². The minimum Gasteiger partial charge on any atom is -0.478 e. The number of carboxylic acid groups (broad SMARTS) is 1. The van der Waals surface area contributed by atoms with Gasteiger partial charge in [-0.05, 0) is 24.3 Å². The van der Waals surface area contributed by atoms with Gasteiger partial charge in [-0.15, -0.1) is 0 Å². The molecule has 0 radical (unpaired) electrons. The largest absolute Gasteiger partial charge is 0.478 e. The fourth-order valence-corrected chi connectivity index (χ4v) is 1.92. The van der Waals surface area contributed by atoms with E-state index in [0.717, 1.165) is 0 Å². The van der Waals surface area contributed by atoms with Gasteiger partial charge in [0, 0.05) is 0 Å². The van der Waals surface area contributed by atoms with Crippen LogP contribution < -0.4 is 21.5 Å². The Kier molecular flexibility index (Phi) is 3.93. The van der Waals surface area contributed by atoms with Crippen LogP contribution in [0.3, 0.4) is 0 Å². The van der Waals surface area contributed by atoms with Gasteiger partial charge in [0.05, 0.1) is 23.2 Å². The van der Waals surface area contributed by atoms with E-state index in [0.29, 0.717) is 11.4 Å². The molecule has 10 nitrogen and oxygen atoms in total. The summed E-state index contributed by atoms with van der Waals surface area (Å²) in [5.74, 6) is -0.972. The third-order valence-electron chi connectivity index (χ3n) is 3.03. The lowest BCUT2D eigenvalue weighted by atomic mass is 10.2. The molecule has 0 saturated heterocycles. The number of aromatic nitrogens is 2. The number of nitrogens with zero attached hydrogens (tertiary/aromatic N) is 3. The Morgan fingerprint density at radius 3 is 2.88 bits per heavy atom. The lowest BCUT2D eigenvalue weighted by molar-refractivity contribution is 0.0697. The number of hydrogen-bond acceptors (Lipinski definition) is 8. The molecule has 0 spiro atoms. The van der Waals surface area contributed by atoms with E-state index >= 15 is 0 Å². The summed E-state index contributed by atoms with van der Waals surface area (Å²) < 4.78 is 5.32. The highest BCUT2D eigenvalue weighted by molar-refractivity contribution is 6.32. The van der Waals surface area contributed by atoms with Crippen LogP contribution in [0.15, 0.2) is 39.2 Å². The molecule has 0 fully saturated rings. The molecule has 0 aliphatic carbocycles. The fraction of sp³-hybridized carbons (Fsp3) is 0.0714. The number of fused-ring (bicyclic) bond motifs is 1. The maximum atomic E-state index is 11.7. The number of carboxylic acids is 1. The number of carbonyl (C=O) groups is 1. The first-order chi connectivity index (χ1) is 11.5. The van der Waals surface area contributed by atoms with E-state index in [9.17, 15) is 9.59 Å². The molecule has 0 unspecified atom stereocenters. The molecule has 1 aromatic heterocycles. The van der Waals surface area contributed by atoms with Crippen LogP contribution >= 0.6 is 0 Å². The highest BCUT2D eigenvalue weighted by Crippen LogP contribution is 2.23. The zero-order valence-corrected chi connectivity index (χ0v) is 12.2. The quantitative estimate of drug-likeness (QED) is 0.473. The Balaban J connectivity index is 1.72. The lowest BCUT2D eigenvalue weighted by Gasteiger charge is -2.12. The summed E-state index contributed by atoms with van der Waals surface area (Å²) in [6, 6.07) is 6.06. The molecule has 5 N–H and O–H groups in total. The Hall–Kier alpha value is -3.69. The third kappa shape index (κ3) is 3.21. The lowest BCUT2D eigenvalue weighted by Crippen LogP contribution is -2.22. The molecule has 24 heavy (non-hydrogen) atoms. The van der Waals surface area contributed by atoms with Gasteiger partial charge in [-0.25, -0.2) is 9.79 Å². The predicted molar refractivity (Wildman–Crippen MR) is 87.4 cm³/mol. The number of anilines is 2. The van der Waals surface area contributed by atoms with Crippen LogP contribution in [0.4, 0.5) is 17.3 Å². The Morgan fingerprint density at radius 1 is 1.42 bits per heavy atom. The van der Waals surface area contributed by atoms with Gasteiger partial charge in [-0.3, -0.25) is 15.2 Å². The molecule has 10 heteroatoms. The standard InChI is InChI=1S/C14H12N6O4/c15-14-18-11(21)10-12(19-14)24-6-9(17-10)5-16-20-8-3-1-7(2-4-8)13(22)23/h1-5,20H,6H2,(H,22,23)(H3,15,18,19,21)/b16-5+. The van der Waals surface area contributed by atoms with Crippen molar-refractivity contribution in [2.75, 3.05) is 17.8 Å². The molecule has 1 aliphatic rings. The first-order valence-electron chi connectivity index (χ1n) is 6.75. The summed E-state index contributed by atoms with van der Waals surface area (Å²) in [7, 11) is 0. The van der Waals surface area contributed by atoms with Crippen LogP contribution in [-0.2, 0) is 0 Å². The van der Waals surface area contributed by atoms with Gasteiger partial charge in [0.2, 0.25) is 11.8 Å². The molecule has 1 aromatic carbocycles. The zero-order valence-electron chi connectivity index (χ0n) is 12.2. The second-order valence-electron chi connectivity index (χ2n) is 4.75. The molecule has 2 heterocycles. The van der Waals surface area contributed by atoms with Gasteiger partial charge in [0.25, 0.3) is 5.56 Å². The fourth-order valence-electron chi connectivity index (χ4n) is 1.92. The second kappa shape index (κ2) is 6.20. The van der Waals surface area contributed by atoms with E-state index in [1.165, 1.54) is 18.3 Å².